The topological polar surface area (TPSA) is 30.7 Å². The molecular formula is C14H11N3. The van der Waals surface area contributed by atoms with Gasteiger partial charge in [0.1, 0.15) is 0 Å². The molecule has 82 valence electrons. The third-order valence-electron chi connectivity index (χ3n) is 2.58. The largest absolute Gasteiger partial charge is 0.256 e. The number of benzene rings is 1. The molecule has 3 aromatic rings. The van der Waals surface area contributed by atoms with Crippen LogP contribution >= 0.6 is 0 Å². The minimum atomic E-state index is 0.974. The molecule has 0 unspecified atom stereocenters. The zero-order valence-corrected chi connectivity index (χ0v) is 9.19. The zero-order chi connectivity index (χ0) is 11.5. The number of rotatable bonds is 2. The lowest BCUT2D eigenvalue weighted by atomic mass is 10.1. The first-order valence-corrected chi connectivity index (χ1v) is 5.45. The molecule has 0 fully saturated rings. The van der Waals surface area contributed by atoms with Crippen LogP contribution in [-0.4, -0.2) is 14.8 Å². The first-order valence-electron chi connectivity index (χ1n) is 5.45. The van der Waals surface area contributed by atoms with Crippen LogP contribution in [0.5, 0.6) is 0 Å². The predicted molar refractivity (Wildman–Crippen MR) is 66.8 cm³/mol. The van der Waals surface area contributed by atoms with Gasteiger partial charge in [0.2, 0.25) is 0 Å². The van der Waals surface area contributed by atoms with Crippen LogP contribution in [0, 0.1) is 0 Å². The summed E-state index contributed by atoms with van der Waals surface area (Å²) >= 11 is 0. The molecule has 0 amide bonds. The maximum absolute atomic E-state index is 4.34. The van der Waals surface area contributed by atoms with E-state index in [1.165, 1.54) is 0 Å². The van der Waals surface area contributed by atoms with E-state index in [1.807, 2.05) is 47.3 Å². The van der Waals surface area contributed by atoms with Crippen molar-refractivity contribution in [3.05, 3.63) is 67.1 Å². The molecule has 0 saturated heterocycles. The average molecular weight is 221 g/mol. The Balaban J connectivity index is 2.06. The Bertz CT molecular complexity index is 600. The summed E-state index contributed by atoms with van der Waals surface area (Å²) in [6.07, 6.45) is 5.50. The lowest BCUT2D eigenvalue weighted by Gasteiger charge is -2.04. The number of nitrogens with zero attached hydrogens (tertiary/aromatic N) is 3. The van der Waals surface area contributed by atoms with Crippen LogP contribution in [-0.2, 0) is 0 Å². The standard InChI is InChI=1S/C14H11N3/c1-2-8-15-14(7-1)12-5-3-6-13(11-12)17-10-4-9-16-17/h1-11H. The summed E-state index contributed by atoms with van der Waals surface area (Å²) in [6.45, 7) is 0. The molecule has 3 nitrogen and oxygen atoms in total. The Morgan fingerprint density at radius 1 is 0.882 bits per heavy atom. The van der Waals surface area contributed by atoms with Gasteiger partial charge in [-0.25, -0.2) is 4.68 Å². The molecular weight excluding hydrogens is 210 g/mol. The highest BCUT2D eigenvalue weighted by Crippen LogP contribution is 2.19. The molecule has 2 heterocycles. The molecule has 3 rings (SSSR count). The van der Waals surface area contributed by atoms with Crippen molar-refractivity contribution in [3.63, 3.8) is 0 Å². The van der Waals surface area contributed by atoms with Crippen molar-refractivity contribution in [1.29, 1.82) is 0 Å². The van der Waals surface area contributed by atoms with E-state index in [0.29, 0.717) is 0 Å². The van der Waals surface area contributed by atoms with Crippen LogP contribution in [0.3, 0.4) is 0 Å². The molecule has 0 saturated carbocycles. The molecule has 1 aromatic carbocycles. The van der Waals surface area contributed by atoms with E-state index in [4.69, 9.17) is 0 Å². The molecule has 0 spiro atoms. The molecule has 0 aliphatic rings. The Morgan fingerprint density at radius 3 is 2.65 bits per heavy atom. The Morgan fingerprint density at radius 2 is 1.88 bits per heavy atom. The van der Waals surface area contributed by atoms with Crippen LogP contribution in [0.15, 0.2) is 67.1 Å². The summed E-state index contributed by atoms with van der Waals surface area (Å²) in [7, 11) is 0. The van der Waals surface area contributed by atoms with E-state index in [9.17, 15) is 0 Å². The monoisotopic (exact) mass is 221 g/mol. The first-order chi connectivity index (χ1) is 8.43. The zero-order valence-electron chi connectivity index (χ0n) is 9.19. The second-order valence-electron chi connectivity index (χ2n) is 3.72. The maximum atomic E-state index is 4.34. The van der Waals surface area contributed by atoms with E-state index in [-0.39, 0.29) is 0 Å². The van der Waals surface area contributed by atoms with Gasteiger partial charge in [0.15, 0.2) is 0 Å². The van der Waals surface area contributed by atoms with E-state index in [1.54, 1.807) is 12.4 Å². The van der Waals surface area contributed by atoms with Crippen molar-refractivity contribution in [2.75, 3.05) is 0 Å². The highest BCUT2D eigenvalue weighted by atomic mass is 15.3. The lowest BCUT2D eigenvalue weighted by molar-refractivity contribution is 0.881. The van der Waals surface area contributed by atoms with Gasteiger partial charge in [-0.2, -0.15) is 5.10 Å². The van der Waals surface area contributed by atoms with Crippen molar-refractivity contribution in [1.82, 2.24) is 14.8 Å². The van der Waals surface area contributed by atoms with Gasteiger partial charge < -0.3 is 0 Å². The summed E-state index contributed by atoms with van der Waals surface area (Å²) < 4.78 is 1.84. The van der Waals surface area contributed by atoms with Gasteiger partial charge in [-0.3, -0.25) is 4.98 Å². The van der Waals surface area contributed by atoms with Crippen molar-refractivity contribution in [3.8, 4) is 16.9 Å². The summed E-state index contributed by atoms with van der Waals surface area (Å²) in [6, 6.07) is 16.0. The minimum absolute atomic E-state index is 0.974. The Labute approximate surface area is 99.4 Å². The first kappa shape index (κ1) is 9.78. The quantitative estimate of drug-likeness (QED) is 0.666. The fraction of sp³-hybridized carbons (Fsp3) is 0. The molecule has 0 radical (unpaired) electrons. The van der Waals surface area contributed by atoms with Crippen LogP contribution in [0.4, 0.5) is 0 Å². The normalized spacial score (nSPS) is 10.4. The second-order valence-corrected chi connectivity index (χ2v) is 3.72. The minimum Gasteiger partial charge on any atom is -0.256 e. The summed E-state index contributed by atoms with van der Waals surface area (Å²) in [5.41, 5.74) is 3.11. The van der Waals surface area contributed by atoms with E-state index >= 15 is 0 Å². The average Bonchev–Trinajstić information content (AvgIpc) is 2.94. The van der Waals surface area contributed by atoms with E-state index in [2.05, 4.69) is 22.2 Å². The van der Waals surface area contributed by atoms with E-state index in [0.717, 1.165) is 16.9 Å². The fourth-order valence-corrected chi connectivity index (χ4v) is 1.76. The van der Waals surface area contributed by atoms with Crippen molar-refractivity contribution < 1.29 is 0 Å². The molecule has 0 atom stereocenters. The smallest absolute Gasteiger partial charge is 0.0702 e. The van der Waals surface area contributed by atoms with Crippen molar-refractivity contribution in [2.24, 2.45) is 0 Å². The van der Waals surface area contributed by atoms with E-state index < -0.39 is 0 Å². The maximum Gasteiger partial charge on any atom is 0.0702 e. The molecule has 3 heteroatoms. The molecule has 0 bridgehead atoms. The van der Waals surface area contributed by atoms with Gasteiger partial charge in [0, 0.05) is 24.2 Å². The van der Waals surface area contributed by atoms with Crippen molar-refractivity contribution in [2.45, 2.75) is 0 Å². The third-order valence-corrected chi connectivity index (χ3v) is 2.58. The number of pyridine rings is 1. The SMILES string of the molecule is c1ccc(-c2cccc(-n3cccn3)c2)nc1. The van der Waals surface area contributed by atoms with Gasteiger partial charge in [0.05, 0.1) is 11.4 Å². The number of hydrogen-bond donors (Lipinski definition) is 0. The van der Waals surface area contributed by atoms with Crippen molar-refractivity contribution >= 4 is 0 Å². The predicted octanol–water partition coefficient (Wildman–Crippen LogP) is 2.93. The lowest BCUT2D eigenvalue weighted by Crippen LogP contribution is -1.94. The van der Waals surface area contributed by atoms with Gasteiger partial charge in [-0.15, -0.1) is 0 Å². The number of hydrogen-bond acceptors (Lipinski definition) is 2. The number of aromatic nitrogens is 3. The molecule has 17 heavy (non-hydrogen) atoms. The Hall–Kier alpha value is -2.42. The van der Waals surface area contributed by atoms with Gasteiger partial charge in [-0.1, -0.05) is 18.2 Å². The second kappa shape index (κ2) is 4.22. The van der Waals surface area contributed by atoms with Gasteiger partial charge >= 0.3 is 0 Å². The highest BCUT2D eigenvalue weighted by molar-refractivity contribution is 5.61. The van der Waals surface area contributed by atoms with Gasteiger partial charge in [-0.05, 0) is 30.3 Å². The highest BCUT2D eigenvalue weighted by Gasteiger charge is 2.01. The molecule has 0 N–H and O–H groups in total. The third kappa shape index (κ3) is 1.95. The molecule has 0 aliphatic carbocycles. The van der Waals surface area contributed by atoms with Crippen LogP contribution < -0.4 is 0 Å². The van der Waals surface area contributed by atoms with Crippen LogP contribution in [0.25, 0.3) is 16.9 Å². The summed E-state index contributed by atoms with van der Waals surface area (Å²) in [4.78, 5) is 4.34. The fourth-order valence-electron chi connectivity index (χ4n) is 1.76. The van der Waals surface area contributed by atoms with Crippen LogP contribution in [0.1, 0.15) is 0 Å². The molecule has 0 aliphatic heterocycles. The van der Waals surface area contributed by atoms with Crippen LogP contribution in [0.2, 0.25) is 0 Å². The Kier molecular flexibility index (Phi) is 2.43. The van der Waals surface area contributed by atoms with Gasteiger partial charge in [0.25, 0.3) is 0 Å². The molecule has 2 aromatic heterocycles. The summed E-state index contributed by atoms with van der Waals surface area (Å²) in [5.74, 6) is 0. The summed E-state index contributed by atoms with van der Waals surface area (Å²) in [5, 5.41) is 4.22.